The van der Waals surface area contributed by atoms with Crippen molar-refractivity contribution in [3.63, 3.8) is 0 Å². The van der Waals surface area contributed by atoms with Gasteiger partial charge in [0, 0.05) is 5.69 Å². The molecule has 0 aliphatic heterocycles. The number of ether oxygens (including phenoxy) is 1. The van der Waals surface area contributed by atoms with E-state index in [1.807, 2.05) is 32.1 Å². The van der Waals surface area contributed by atoms with Crippen molar-refractivity contribution in [2.75, 3.05) is 12.3 Å². The smallest absolute Gasteiger partial charge is 0.309 e. The largest absolute Gasteiger partial charge is 0.466 e. The van der Waals surface area contributed by atoms with E-state index in [0.717, 1.165) is 22.4 Å². The summed E-state index contributed by atoms with van der Waals surface area (Å²) in [5, 5.41) is 0. The summed E-state index contributed by atoms with van der Waals surface area (Å²) in [4.78, 5) is 11.1. The highest BCUT2D eigenvalue weighted by molar-refractivity contribution is 5.74. The molecule has 0 spiro atoms. The molecular weight excluding hydrogens is 214 g/mol. The fourth-order valence-corrected chi connectivity index (χ4v) is 1.65. The van der Waals surface area contributed by atoms with Crippen molar-refractivity contribution in [1.82, 2.24) is 0 Å². The standard InChI is InChI=1S/C14H19NO2/c1-4-17-13(16)7-5-6-12-9-10(2)8-11(3)14(12)15/h5-6,8-9H,4,7,15H2,1-3H3. The van der Waals surface area contributed by atoms with Crippen molar-refractivity contribution >= 4 is 17.7 Å². The lowest BCUT2D eigenvalue weighted by Gasteiger charge is -2.06. The van der Waals surface area contributed by atoms with Crippen LogP contribution in [0.5, 0.6) is 0 Å². The average molecular weight is 233 g/mol. The maximum absolute atomic E-state index is 11.1. The average Bonchev–Trinajstić information content (AvgIpc) is 2.25. The van der Waals surface area contributed by atoms with Crippen LogP contribution in [0.15, 0.2) is 18.2 Å². The van der Waals surface area contributed by atoms with E-state index in [2.05, 4.69) is 0 Å². The summed E-state index contributed by atoms with van der Waals surface area (Å²) in [5.41, 5.74) is 9.89. The number of carbonyl (C=O) groups is 1. The Labute approximate surface area is 102 Å². The molecule has 0 aliphatic carbocycles. The molecule has 0 saturated heterocycles. The van der Waals surface area contributed by atoms with Crippen molar-refractivity contribution in [1.29, 1.82) is 0 Å². The molecule has 3 nitrogen and oxygen atoms in total. The summed E-state index contributed by atoms with van der Waals surface area (Å²) in [6.45, 7) is 6.21. The number of nitrogen functional groups attached to an aromatic ring is 1. The minimum atomic E-state index is -0.216. The predicted molar refractivity (Wildman–Crippen MR) is 70.6 cm³/mol. The minimum Gasteiger partial charge on any atom is -0.466 e. The molecule has 0 atom stereocenters. The zero-order valence-electron chi connectivity index (χ0n) is 10.6. The summed E-state index contributed by atoms with van der Waals surface area (Å²) in [7, 11) is 0. The lowest BCUT2D eigenvalue weighted by Crippen LogP contribution is -2.01. The van der Waals surface area contributed by atoms with Crippen molar-refractivity contribution in [3.05, 3.63) is 34.9 Å². The zero-order chi connectivity index (χ0) is 12.8. The maximum Gasteiger partial charge on any atom is 0.309 e. The van der Waals surface area contributed by atoms with E-state index in [0.29, 0.717) is 6.61 Å². The first kappa shape index (κ1) is 13.3. The Balaban J connectivity index is 2.74. The van der Waals surface area contributed by atoms with Crippen LogP contribution in [0.25, 0.3) is 6.08 Å². The molecule has 17 heavy (non-hydrogen) atoms. The van der Waals surface area contributed by atoms with Crippen LogP contribution in [0.3, 0.4) is 0 Å². The van der Waals surface area contributed by atoms with Gasteiger partial charge in [0.1, 0.15) is 0 Å². The van der Waals surface area contributed by atoms with E-state index in [1.54, 1.807) is 13.0 Å². The third kappa shape index (κ3) is 3.94. The van der Waals surface area contributed by atoms with Crippen molar-refractivity contribution in [3.8, 4) is 0 Å². The van der Waals surface area contributed by atoms with Crippen LogP contribution >= 0.6 is 0 Å². The Hall–Kier alpha value is -1.77. The van der Waals surface area contributed by atoms with Crippen LogP contribution in [0, 0.1) is 13.8 Å². The number of benzene rings is 1. The third-order valence-corrected chi connectivity index (χ3v) is 2.45. The van der Waals surface area contributed by atoms with Crippen LogP contribution < -0.4 is 5.73 Å². The Morgan fingerprint density at radius 1 is 1.41 bits per heavy atom. The van der Waals surface area contributed by atoms with Crippen molar-refractivity contribution in [2.24, 2.45) is 0 Å². The highest BCUT2D eigenvalue weighted by atomic mass is 16.5. The number of rotatable bonds is 4. The summed E-state index contributed by atoms with van der Waals surface area (Å²) in [6.07, 6.45) is 3.93. The van der Waals surface area contributed by atoms with Gasteiger partial charge >= 0.3 is 5.97 Å². The van der Waals surface area contributed by atoms with Gasteiger partial charge in [0.25, 0.3) is 0 Å². The van der Waals surface area contributed by atoms with Crippen LogP contribution in [0.2, 0.25) is 0 Å². The number of nitrogens with two attached hydrogens (primary N) is 1. The first-order valence-electron chi connectivity index (χ1n) is 5.73. The lowest BCUT2D eigenvalue weighted by molar-refractivity contribution is -0.142. The first-order valence-corrected chi connectivity index (χ1v) is 5.73. The molecule has 0 radical (unpaired) electrons. The van der Waals surface area contributed by atoms with Gasteiger partial charge in [0.05, 0.1) is 13.0 Å². The lowest BCUT2D eigenvalue weighted by atomic mass is 10.0. The summed E-state index contributed by atoms with van der Waals surface area (Å²) in [5.74, 6) is -0.216. The zero-order valence-corrected chi connectivity index (χ0v) is 10.6. The molecule has 1 aromatic carbocycles. The SMILES string of the molecule is CCOC(=O)CC=Cc1cc(C)cc(C)c1N. The molecule has 3 heteroatoms. The molecule has 1 aromatic rings. The summed E-state index contributed by atoms with van der Waals surface area (Å²) in [6, 6.07) is 4.04. The van der Waals surface area contributed by atoms with Gasteiger partial charge in [-0.2, -0.15) is 0 Å². The van der Waals surface area contributed by atoms with Crippen LogP contribution in [-0.4, -0.2) is 12.6 Å². The van der Waals surface area contributed by atoms with Gasteiger partial charge in [-0.05, 0) is 38.0 Å². The molecule has 0 aromatic heterocycles. The molecule has 2 N–H and O–H groups in total. The number of anilines is 1. The van der Waals surface area contributed by atoms with Crippen LogP contribution in [0.1, 0.15) is 30.0 Å². The normalized spacial score (nSPS) is 10.8. The summed E-state index contributed by atoms with van der Waals surface area (Å²) >= 11 is 0. The summed E-state index contributed by atoms with van der Waals surface area (Å²) < 4.78 is 4.84. The van der Waals surface area contributed by atoms with E-state index >= 15 is 0 Å². The van der Waals surface area contributed by atoms with Crippen LogP contribution in [-0.2, 0) is 9.53 Å². The second-order valence-corrected chi connectivity index (χ2v) is 4.00. The molecule has 92 valence electrons. The molecule has 0 fully saturated rings. The van der Waals surface area contributed by atoms with Crippen molar-refractivity contribution in [2.45, 2.75) is 27.2 Å². The van der Waals surface area contributed by atoms with Crippen LogP contribution in [0.4, 0.5) is 5.69 Å². The van der Waals surface area contributed by atoms with Crippen molar-refractivity contribution < 1.29 is 9.53 Å². The van der Waals surface area contributed by atoms with E-state index < -0.39 is 0 Å². The van der Waals surface area contributed by atoms with Gasteiger partial charge in [-0.25, -0.2) is 0 Å². The van der Waals surface area contributed by atoms with E-state index in [-0.39, 0.29) is 12.4 Å². The second kappa shape index (κ2) is 6.09. The Morgan fingerprint density at radius 3 is 2.76 bits per heavy atom. The number of hydrogen-bond acceptors (Lipinski definition) is 3. The predicted octanol–water partition coefficient (Wildman–Crippen LogP) is 2.85. The monoisotopic (exact) mass is 233 g/mol. The number of carbonyl (C=O) groups excluding carboxylic acids is 1. The molecule has 0 amide bonds. The van der Waals surface area contributed by atoms with Gasteiger partial charge in [-0.15, -0.1) is 0 Å². The highest BCUT2D eigenvalue weighted by Crippen LogP contribution is 2.20. The fourth-order valence-electron chi connectivity index (χ4n) is 1.65. The Morgan fingerprint density at radius 2 is 2.12 bits per heavy atom. The Kier molecular flexibility index (Phi) is 4.76. The van der Waals surface area contributed by atoms with E-state index in [9.17, 15) is 4.79 Å². The molecule has 0 saturated carbocycles. The first-order chi connectivity index (χ1) is 8.04. The molecule has 0 aliphatic rings. The van der Waals surface area contributed by atoms with Gasteiger partial charge < -0.3 is 10.5 Å². The molecule has 0 bridgehead atoms. The van der Waals surface area contributed by atoms with E-state index in [4.69, 9.17) is 10.5 Å². The minimum absolute atomic E-state index is 0.216. The number of esters is 1. The fraction of sp³-hybridized carbons (Fsp3) is 0.357. The van der Waals surface area contributed by atoms with Gasteiger partial charge in [-0.3, -0.25) is 4.79 Å². The molecule has 1 rings (SSSR count). The molecule has 0 unspecified atom stereocenters. The number of aryl methyl sites for hydroxylation is 2. The Bertz CT molecular complexity index is 436. The quantitative estimate of drug-likeness (QED) is 0.642. The third-order valence-electron chi connectivity index (χ3n) is 2.45. The number of hydrogen-bond donors (Lipinski definition) is 1. The van der Waals surface area contributed by atoms with Gasteiger partial charge in [-0.1, -0.05) is 23.8 Å². The van der Waals surface area contributed by atoms with Gasteiger partial charge in [0.2, 0.25) is 0 Å². The molecular formula is C14H19NO2. The van der Waals surface area contributed by atoms with Gasteiger partial charge in [0.15, 0.2) is 0 Å². The topological polar surface area (TPSA) is 52.3 Å². The highest BCUT2D eigenvalue weighted by Gasteiger charge is 2.01. The molecule has 0 heterocycles. The maximum atomic E-state index is 11.1. The second-order valence-electron chi connectivity index (χ2n) is 4.00. The van der Waals surface area contributed by atoms with E-state index in [1.165, 1.54) is 0 Å².